The van der Waals surface area contributed by atoms with Crippen LogP contribution in [0.25, 0.3) is 0 Å². The van der Waals surface area contributed by atoms with Gasteiger partial charge in [-0.1, -0.05) is 43.5 Å². The largest absolute Gasteiger partial charge is 0.343 e. The molecule has 1 aliphatic rings. The van der Waals surface area contributed by atoms with Crippen molar-refractivity contribution in [3.63, 3.8) is 0 Å². The number of thiophene rings is 1. The average molecular weight is 415 g/mol. The molecule has 0 spiro atoms. The van der Waals surface area contributed by atoms with E-state index in [1.807, 2.05) is 13.0 Å². The number of hydrogen-bond donors (Lipinski definition) is 1. The van der Waals surface area contributed by atoms with Crippen LogP contribution in [-0.4, -0.2) is 31.3 Å². The van der Waals surface area contributed by atoms with Crippen LogP contribution in [0.3, 0.4) is 0 Å². The summed E-state index contributed by atoms with van der Waals surface area (Å²) < 4.78 is 2.22. The summed E-state index contributed by atoms with van der Waals surface area (Å²) in [6.07, 6.45) is 6.23. The molecule has 28 heavy (non-hydrogen) atoms. The fraction of sp³-hybridized carbons (Fsp3) is 0.476. The van der Waals surface area contributed by atoms with Crippen molar-refractivity contribution in [2.24, 2.45) is 5.92 Å². The number of H-pyrrole nitrogens is 1. The molecule has 0 aromatic carbocycles. The standard InChI is InChI=1S/C21H26N4OS2/c1-14-10-18(15(2)25(14)12-17-8-5-9-27-17)19(26)13-28-21-22-20(23-24-21)11-16-6-3-4-7-16/h5,8-10,16H,3-4,6-7,11-13H2,1-2H3,(H,22,23,24). The van der Waals surface area contributed by atoms with Gasteiger partial charge >= 0.3 is 0 Å². The fourth-order valence-corrected chi connectivity index (χ4v) is 5.41. The lowest BCUT2D eigenvalue weighted by Crippen LogP contribution is -2.07. The maximum atomic E-state index is 12.8. The summed E-state index contributed by atoms with van der Waals surface area (Å²) in [7, 11) is 0. The Bertz CT molecular complexity index is 936. The van der Waals surface area contributed by atoms with Crippen LogP contribution < -0.4 is 0 Å². The molecule has 7 heteroatoms. The highest BCUT2D eigenvalue weighted by molar-refractivity contribution is 7.99. The lowest BCUT2D eigenvalue weighted by molar-refractivity contribution is 0.102. The van der Waals surface area contributed by atoms with Gasteiger partial charge in [0.25, 0.3) is 0 Å². The van der Waals surface area contributed by atoms with E-state index in [1.165, 1.54) is 42.3 Å². The van der Waals surface area contributed by atoms with Gasteiger partial charge in [-0.2, -0.15) is 0 Å². The first-order chi connectivity index (χ1) is 13.6. The van der Waals surface area contributed by atoms with E-state index in [-0.39, 0.29) is 5.78 Å². The monoisotopic (exact) mass is 414 g/mol. The Balaban J connectivity index is 1.37. The number of aromatic amines is 1. The number of thioether (sulfide) groups is 1. The molecule has 1 aliphatic carbocycles. The van der Waals surface area contributed by atoms with Gasteiger partial charge in [0.05, 0.1) is 12.3 Å². The molecule has 1 saturated carbocycles. The SMILES string of the molecule is Cc1cc(C(=O)CSc2n[nH]c(CC3CCCC3)n2)c(C)n1Cc1cccs1. The Morgan fingerprint density at radius 2 is 2.18 bits per heavy atom. The molecule has 3 heterocycles. The van der Waals surface area contributed by atoms with Crippen molar-refractivity contribution in [1.82, 2.24) is 19.7 Å². The van der Waals surface area contributed by atoms with Crippen LogP contribution in [-0.2, 0) is 13.0 Å². The zero-order valence-corrected chi connectivity index (χ0v) is 18.0. The first-order valence-corrected chi connectivity index (χ1v) is 11.7. The zero-order valence-electron chi connectivity index (χ0n) is 16.4. The number of Topliss-reactive ketones (excluding diaryl/α,β-unsaturated/α-hetero) is 1. The Labute approximate surface area is 174 Å². The summed E-state index contributed by atoms with van der Waals surface area (Å²) in [5.74, 6) is 2.19. The maximum Gasteiger partial charge on any atom is 0.208 e. The van der Waals surface area contributed by atoms with Crippen LogP contribution in [0.4, 0.5) is 0 Å². The summed E-state index contributed by atoms with van der Waals surface area (Å²) >= 11 is 3.16. The summed E-state index contributed by atoms with van der Waals surface area (Å²) in [6.45, 7) is 4.92. The molecule has 0 radical (unpaired) electrons. The molecule has 0 amide bonds. The Morgan fingerprint density at radius 1 is 1.36 bits per heavy atom. The van der Waals surface area contributed by atoms with E-state index in [0.717, 1.165) is 41.7 Å². The van der Waals surface area contributed by atoms with E-state index in [0.29, 0.717) is 10.9 Å². The van der Waals surface area contributed by atoms with Gasteiger partial charge in [-0.05, 0) is 37.3 Å². The molecule has 5 nitrogen and oxygen atoms in total. The van der Waals surface area contributed by atoms with Gasteiger partial charge < -0.3 is 4.57 Å². The number of aromatic nitrogens is 4. The lowest BCUT2D eigenvalue weighted by atomic mass is 10.0. The number of nitrogens with zero attached hydrogens (tertiary/aromatic N) is 3. The molecule has 0 unspecified atom stereocenters. The van der Waals surface area contributed by atoms with Gasteiger partial charge in [-0.3, -0.25) is 9.89 Å². The highest BCUT2D eigenvalue weighted by Gasteiger charge is 2.19. The number of hydrogen-bond acceptors (Lipinski definition) is 5. The summed E-state index contributed by atoms with van der Waals surface area (Å²) in [5, 5.41) is 10.1. The highest BCUT2D eigenvalue weighted by atomic mass is 32.2. The van der Waals surface area contributed by atoms with E-state index in [4.69, 9.17) is 0 Å². The highest BCUT2D eigenvalue weighted by Crippen LogP contribution is 2.28. The van der Waals surface area contributed by atoms with Gasteiger partial charge in [0, 0.05) is 28.2 Å². The molecule has 148 valence electrons. The van der Waals surface area contributed by atoms with Crippen LogP contribution >= 0.6 is 23.1 Å². The predicted molar refractivity (Wildman–Crippen MR) is 114 cm³/mol. The fourth-order valence-electron chi connectivity index (χ4n) is 4.01. The second-order valence-corrected chi connectivity index (χ2v) is 9.56. The quantitative estimate of drug-likeness (QED) is 0.414. The van der Waals surface area contributed by atoms with Crippen molar-refractivity contribution >= 4 is 28.9 Å². The first kappa shape index (κ1) is 19.5. The molecule has 0 atom stereocenters. The first-order valence-electron chi connectivity index (χ1n) is 9.86. The summed E-state index contributed by atoms with van der Waals surface area (Å²) in [6, 6.07) is 6.21. The second-order valence-electron chi connectivity index (χ2n) is 7.58. The third kappa shape index (κ3) is 4.41. The van der Waals surface area contributed by atoms with Crippen LogP contribution in [0, 0.1) is 19.8 Å². The van der Waals surface area contributed by atoms with Crippen molar-refractivity contribution in [3.8, 4) is 0 Å². The van der Waals surface area contributed by atoms with Gasteiger partial charge in [-0.15, -0.1) is 16.4 Å². The molecule has 1 N–H and O–H groups in total. The second kappa shape index (κ2) is 8.66. The molecule has 3 aromatic rings. The Kier molecular flexibility index (Phi) is 6.01. The maximum absolute atomic E-state index is 12.8. The summed E-state index contributed by atoms with van der Waals surface area (Å²) in [4.78, 5) is 18.7. The van der Waals surface area contributed by atoms with E-state index in [2.05, 4.69) is 44.2 Å². The molecular weight excluding hydrogens is 388 g/mol. The van der Waals surface area contributed by atoms with Gasteiger partial charge in [0.2, 0.25) is 5.16 Å². The lowest BCUT2D eigenvalue weighted by Gasteiger charge is -2.08. The molecule has 4 rings (SSSR count). The topological polar surface area (TPSA) is 63.6 Å². The molecule has 3 aromatic heterocycles. The third-order valence-electron chi connectivity index (χ3n) is 5.57. The van der Waals surface area contributed by atoms with Crippen LogP contribution in [0.1, 0.15) is 58.1 Å². The predicted octanol–water partition coefficient (Wildman–Crippen LogP) is 5.04. The molecule has 0 saturated heterocycles. The minimum atomic E-state index is 0.137. The molecule has 1 fully saturated rings. The minimum absolute atomic E-state index is 0.137. The molecule has 0 bridgehead atoms. The number of carbonyl (C=O) groups excluding carboxylic acids is 1. The number of aryl methyl sites for hydroxylation is 1. The number of ketones is 1. The number of rotatable bonds is 8. The van der Waals surface area contributed by atoms with E-state index >= 15 is 0 Å². The molecular formula is C21H26N4OS2. The van der Waals surface area contributed by atoms with E-state index in [1.54, 1.807) is 11.3 Å². The van der Waals surface area contributed by atoms with E-state index in [9.17, 15) is 4.79 Å². The van der Waals surface area contributed by atoms with Crippen molar-refractivity contribution < 1.29 is 4.79 Å². The Hall–Kier alpha value is -1.86. The van der Waals surface area contributed by atoms with E-state index < -0.39 is 0 Å². The molecule has 0 aliphatic heterocycles. The van der Waals surface area contributed by atoms with Crippen LogP contribution in [0.15, 0.2) is 28.7 Å². The van der Waals surface area contributed by atoms with Crippen LogP contribution in [0.5, 0.6) is 0 Å². The van der Waals surface area contributed by atoms with Crippen LogP contribution in [0.2, 0.25) is 0 Å². The number of carbonyl (C=O) groups is 1. The van der Waals surface area contributed by atoms with Gasteiger partial charge in [0.1, 0.15) is 5.82 Å². The smallest absolute Gasteiger partial charge is 0.208 e. The van der Waals surface area contributed by atoms with Crippen molar-refractivity contribution in [3.05, 3.63) is 51.2 Å². The van der Waals surface area contributed by atoms with Crippen molar-refractivity contribution in [2.75, 3.05) is 5.75 Å². The summed E-state index contributed by atoms with van der Waals surface area (Å²) in [5.41, 5.74) is 2.97. The third-order valence-corrected chi connectivity index (χ3v) is 7.28. The number of nitrogens with one attached hydrogen (secondary N) is 1. The average Bonchev–Trinajstić information content (AvgIpc) is 3.47. The normalized spacial score (nSPS) is 14.8. The van der Waals surface area contributed by atoms with Gasteiger partial charge in [0.15, 0.2) is 5.78 Å². The minimum Gasteiger partial charge on any atom is -0.343 e. The van der Waals surface area contributed by atoms with Crippen molar-refractivity contribution in [2.45, 2.75) is 57.7 Å². The zero-order chi connectivity index (χ0) is 19.5. The van der Waals surface area contributed by atoms with Crippen molar-refractivity contribution in [1.29, 1.82) is 0 Å². The Morgan fingerprint density at radius 3 is 2.93 bits per heavy atom. The van der Waals surface area contributed by atoms with Gasteiger partial charge in [-0.25, -0.2) is 4.98 Å².